The lowest BCUT2D eigenvalue weighted by Crippen LogP contribution is -2.19. The number of carbonyl (C=O) groups excluding carboxylic acids is 1. The topological polar surface area (TPSA) is 50.7 Å². The Kier molecular flexibility index (Phi) is 5.11. The molecular weight excluding hydrogens is 332 g/mol. The van der Waals surface area contributed by atoms with Crippen molar-refractivity contribution >= 4 is 27.5 Å². The van der Waals surface area contributed by atoms with Crippen LogP contribution in [0.25, 0.3) is 0 Å². The lowest BCUT2D eigenvalue weighted by molar-refractivity contribution is 0.0954. The first-order valence-electron chi connectivity index (χ1n) is 6.35. The van der Waals surface area contributed by atoms with Gasteiger partial charge in [0.2, 0.25) is 0 Å². The van der Waals surface area contributed by atoms with Crippen LogP contribution < -0.4 is 10.2 Å². The number of rotatable bonds is 4. The molecule has 2 rings (SSSR count). The summed E-state index contributed by atoms with van der Waals surface area (Å²) in [7, 11) is 1.56. The van der Waals surface area contributed by atoms with Crippen molar-refractivity contribution in [3.05, 3.63) is 64.1 Å². The molecule has 2 aromatic rings. The quantitative estimate of drug-likeness (QED) is 0.679. The van der Waals surface area contributed by atoms with Gasteiger partial charge < -0.3 is 4.74 Å². The number of methoxy groups -OCH3 is 1. The van der Waals surface area contributed by atoms with E-state index in [1.165, 1.54) is 0 Å². The van der Waals surface area contributed by atoms with Crippen molar-refractivity contribution in [1.29, 1.82) is 0 Å². The first-order chi connectivity index (χ1) is 10.1. The fraction of sp³-hybridized carbons (Fsp3) is 0.125. The van der Waals surface area contributed by atoms with Crippen molar-refractivity contribution in [3.63, 3.8) is 0 Å². The fourth-order valence-electron chi connectivity index (χ4n) is 1.72. The second-order valence-corrected chi connectivity index (χ2v) is 5.29. The molecule has 1 amide bonds. The highest BCUT2D eigenvalue weighted by atomic mass is 79.9. The van der Waals surface area contributed by atoms with Gasteiger partial charge in [-0.05, 0) is 42.8 Å². The highest BCUT2D eigenvalue weighted by Crippen LogP contribution is 2.13. The number of carbonyl (C=O) groups is 1. The summed E-state index contributed by atoms with van der Waals surface area (Å²) in [5.41, 5.74) is 4.73. The van der Waals surface area contributed by atoms with E-state index < -0.39 is 0 Å². The molecule has 21 heavy (non-hydrogen) atoms. The molecule has 0 aromatic heterocycles. The van der Waals surface area contributed by atoms with Crippen LogP contribution in [0, 0.1) is 0 Å². The van der Waals surface area contributed by atoms with Crippen LogP contribution in [0.2, 0.25) is 0 Å². The smallest absolute Gasteiger partial charge is 0.271 e. The van der Waals surface area contributed by atoms with E-state index in [0.717, 1.165) is 15.7 Å². The molecule has 4 nitrogen and oxygen atoms in total. The minimum Gasteiger partial charge on any atom is -0.497 e. The number of nitrogens with zero attached hydrogens (tertiary/aromatic N) is 1. The third-order valence-electron chi connectivity index (χ3n) is 2.92. The summed E-state index contributed by atoms with van der Waals surface area (Å²) in [4.78, 5) is 12.0. The Labute approximate surface area is 132 Å². The van der Waals surface area contributed by atoms with Gasteiger partial charge in [-0.25, -0.2) is 5.43 Å². The summed E-state index contributed by atoms with van der Waals surface area (Å²) in [6.45, 7) is 1.84. The van der Waals surface area contributed by atoms with Gasteiger partial charge in [-0.15, -0.1) is 0 Å². The molecule has 2 aromatic carbocycles. The van der Waals surface area contributed by atoms with Crippen LogP contribution in [-0.4, -0.2) is 18.7 Å². The number of hydrogen-bond donors (Lipinski definition) is 1. The molecule has 0 radical (unpaired) electrons. The first kappa shape index (κ1) is 15.3. The van der Waals surface area contributed by atoms with Crippen molar-refractivity contribution in [2.24, 2.45) is 5.10 Å². The number of hydrazone groups is 1. The van der Waals surface area contributed by atoms with Gasteiger partial charge in [0.15, 0.2) is 0 Å². The molecular formula is C16H15BrN2O2. The largest absolute Gasteiger partial charge is 0.497 e. The van der Waals surface area contributed by atoms with Crippen LogP contribution in [0.1, 0.15) is 22.8 Å². The number of benzene rings is 2. The fourth-order valence-corrected chi connectivity index (χ4v) is 1.98. The van der Waals surface area contributed by atoms with Crippen LogP contribution in [0.5, 0.6) is 5.75 Å². The molecule has 0 aliphatic heterocycles. The molecule has 0 spiro atoms. The zero-order valence-electron chi connectivity index (χ0n) is 11.8. The Balaban J connectivity index is 2.08. The van der Waals surface area contributed by atoms with Gasteiger partial charge in [-0.2, -0.15) is 5.10 Å². The highest BCUT2D eigenvalue weighted by molar-refractivity contribution is 9.10. The van der Waals surface area contributed by atoms with Gasteiger partial charge in [0.25, 0.3) is 5.91 Å². The average Bonchev–Trinajstić information content (AvgIpc) is 2.53. The SMILES string of the molecule is COc1cccc(C(=O)N/N=C(\C)c2ccc(Br)cc2)c1. The highest BCUT2D eigenvalue weighted by Gasteiger charge is 2.06. The molecule has 0 atom stereocenters. The lowest BCUT2D eigenvalue weighted by atomic mass is 10.1. The molecule has 0 aliphatic rings. The Morgan fingerprint density at radius 3 is 2.52 bits per heavy atom. The van der Waals surface area contributed by atoms with Crippen LogP contribution in [0.15, 0.2) is 58.1 Å². The van der Waals surface area contributed by atoms with Crippen LogP contribution in [-0.2, 0) is 0 Å². The molecule has 5 heteroatoms. The zero-order valence-corrected chi connectivity index (χ0v) is 13.3. The average molecular weight is 347 g/mol. The predicted octanol–water partition coefficient (Wildman–Crippen LogP) is 3.61. The van der Waals surface area contributed by atoms with E-state index in [9.17, 15) is 4.79 Å². The van der Waals surface area contributed by atoms with Crippen LogP contribution in [0.4, 0.5) is 0 Å². The Bertz CT molecular complexity index is 666. The summed E-state index contributed by atoms with van der Waals surface area (Å²) in [6.07, 6.45) is 0. The van der Waals surface area contributed by atoms with Gasteiger partial charge in [-0.1, -0.05) is 34.1 Å². The summed E-state index contributed by atoms with van der Waals surface area (Å²) in [5.74, 6) is 0.363. The van der Waals surface area contributed by atoms with E-state index in [1.807, 2.05) is 31.2 Å². The molecule has 0 saturated carbocycles. The van der Waals surface area contributed by atoms with E-state index in [4.69, 9.17) is 4.74 Å². The molecule has 0 bridgehead atoms. The lowest BCUT2D eigenvalue weighted by Gasteiger charge is -2.05. The molecule has 108 valence electrons. The number of nitrogens with one attached hydrogen (secondary N) is 1. The van der Waals surface area contributed by atoms with Gasteiger partial charge in [0.1, 0.15) is 5.75 Å². The monoisotopic (exact) mass is 346 g/mol. The van der Waals surface area contributed by atoms with E-state index >= 15 is 0 Å². The van der Waals surface area contributed by atoms with Crippen LogP contribution in [0.3, 0.4) is 0 Å². The number of halogens is 1. The van der Waals surface area contributed by atoms with E-state index in [-0.39, 0.29) is 5.91 Å². The standard InChI is InChI=1S/C16H15BrN2O2/c1-11(12-6-8-14(17)9-7-12)18-19-16(20)13-4-3-5-15(10-13)21-2/h3-10H,1-2H3,(H,19,20)/b18-11+. The minimum absolute atomic E-state index is 0.273. The number of ether oxygens (including phenoxy) is 1. The van der Waals surface area contributed by atoms with Crippen LogP contribution >= 0.6 is 15.9 Å². The van der Waals surface area contributed by atoms with Gasteiger partial charge in [-0.3, -0.25) is 4.79 Å². The normalized spacial score (nSPS) is 11.1. The van der Waals surface area contributed by atoms with Gasteiger partial charge in [0.05, 0.1) is 12.8 Å². The minimum atomic E-state index is -0.273. The summed E-state index contributed by atoms with van der Waals surface area (Å²) in [5, 5.41) is 4.12. The Hall–Kier alpha value is -2.14. The van der Waals surface area contributed by atoms with Crippen molar-refractivity contribution in [3.8, 4) is 5.75 Å². The maximum Gasteiger partial charge on any atom is 0.271 e. The summed E-state index contributed by atoms with van der Waals surface area (Å²) < 4.78 is 6.09. The van der Waals surface area contributed by atoms with Crippen molar-refractivity contribution < 1.29 is 9.53 Å². The third-order valence-corrected chi connectivity index (χ3v) is 3.45. The molecule has 1 N–H and O–H groups in total. The molecule has 0 aliphatic carbocycles. The van der Waals surface area contributed by atoms with E-state index in [0.29, 0.717) is 11.3 Å². The zero-order chi connectivity index (χ0) is 15.2. The van der Waals surface area contributed by atoms with Crippen molar-refractivity contribution in [2.75, 3.05) is 7.11 Å². The third kappa shape index (κ3) is 4.16. The van der Waals surface area contributed by atoms with E-state index in [1.54, 1.807) is 31.4 Å². The first-order valence-corrected chi connectivity index (χ1v) is 7.14. The van der Waals surface area contributed by atoms with E-state index in [2.05, 4.69) is 26.5 Å². The maximum absolute atomic E-state index is 12.0. The van der Waals surface area contributed by atoms with Gasteiger partial charge >= 0.3 is 0 Å². The second-order valence-electron chi connectivity index (χ2n) is 4.38. The molecule has 0 unspecified atom stereocenters. The Morgan fingerprint density at radius 2 is 1.86 bits per heavy atom. The number of hydrogen-bond acceptors (Lipinski definition) is 3. The summed E-state index contributed by atoms with van der Waals surface area (Å²) in [6, 6.07) is 14.6. The number of amides is 1. The molecule has 0 saturated heterocycles. The van der Waals surface area contributed by atoms with Crippen molar-refractivity contribution in [2.45, 2.75) is 6.92 Å². The second kappa shape index (κ2) is 7.04. The predicted molar refractivity (Wildman–Crippen MR) is 86.8 cm³/mol. The Morgan fingerprint density at radius 1 is 1.14 bits per heavy atom. The molecule has 0 heterocycles. The van der Waals surface area contributed by atoms with Crippen molar-refractivity contribution in [1.82, 2.24) is 5.43 Å². The molecule has 0 fully saturated rings. The summed E-state index contributed by atoms with van der Waals surface area (Å²) >= 11 is 3.38. The maximum atomic E-state index is 12.0. The van der Waals surface area contributed by atoms with Gasteiger partial charge in [0, 0.05) is 10.0 Å².